The van der Waals surface area contributed by atoms with Crippen molar-refractivity contribution in [2.45, 2.75) is 38.6 Å². The SMILES string of the molecule is CCOC(=O)C[C@@H](CCC[PH](c1ccccc1)(c1ccccc1)c1ccccc1)OC(O)c1ccccc1. The summed E-state index contributed by atoms with van der Waals surface area (Å²) < 4.78 is 11.3. The van der Waals surface area contributed by atoms with E-state index >= 15 is 0 Å². The van der Waals surface area contributed by atoms with Crippen molar-refractivity contribution in [3.63, 3.8) is 0 Å². The van der Waals surface area contributed by atoms with Crippen molar-refractivity contribution in [1.29, 1.82) is 0 Å². The van der Waals surface area contributed by atoms with Crippen LogP contribution in [-0.4, -0.2) is 29.9 Å². The zero-order chi connectivity index (χ0) is 26.6. The number of aliphatic hydroxyl groups excluding tert-OH is 1. The number of ether oxygens (including phenoxy) is 2. The molecule has 0 spiro atoms. The summed E-state index contributed by atoms with van der Waals surface area (Å²) in [6.45, 7) is 2.12. The van der Waals surface area contributed by atoms with Gasteiger partial charge in [-0.3, -0.25) is 0 Å². The van der Waals surface area contributed by atoms with Gasteiger partial charge in [0.05, 0.1) is 0 Å². The standard InChI is InChI=1S/C33H37O4P/c1-2-36-32(34)26-28(37-33(35)27-16-7-3-8-17-27)18-15-25-38(29-19-9-4-10-20-29,30-21-11-5-12-22-30)31-23-13-6-14-24-31/h3-14,16-17,19-24,28,33,35,38H,2,15,18,25-26H2,1H3/t28-,33?/m1/s1. The summed E-state index contributed by atoms with van der Waals surface area (Å²) >= 11 is 0. The first-order valence-corrected chi connectivity index (χ1v) is 15.5. The Labute approximate surface area is 226 Å². The normalized spacial score (nSPS) is 13.4. The van der Waals surface area contributed by atoms with Crippen LogP contribution in [0.5, 0.6) is 0 Å². The van der Waals surface area contributed by atoms with E-state index in [1.807, 2.05) is 30.3 Å². The van der Waals surface area contributed by atoms with Crippen LogP contribution in [0, 0.1) is 0 Å². The minimum atomic E-state index is -2.38. The molecule has 0 amide bonds. The van der Waals surface area contributed by atoms with Crippen molar-refractivity contribution in [3.8, 4) is 0 Å². The second-order valence-electron chi connectivity index (χ2n) is 9.43. The van der Waals surface area contributed by atoms with Crippen molar-refractivity contribution in [2.75, 3.05) is 12.8 Å². The third-order valence-corrected chi connectivity index (χ3v) is 12.0. The molecular formula is C33H37O4P. The molecule has 4 aromatic rings. The van der Waals surface area contributed by atoms with Crippen LogP contribution in [0.15, 0.2) is 121 Å². The molecule has 4 rings (SSSR count). The van der Waals surface area contributed by atoms with Gasteiger partial charge in [0.2, 0.25) is 0 Å². The molecule has 0 heterocycles. The van der Waals surface area contributed by atoms with Crippen LogP contribution >= 0.6 is 7.26 Å². The predicted molar refractivity (Wildman–Crippen MR) is 158 cm³/mol. The second kappa shape index (κ2) is 14.0. The summed E-state index contributed by atoms with van der Waals surface area (Å²) in [7, 11) is -2.38. The van der Waals surface area contributed by atoms with Crippen molar-refractivity contribution in [2.24, 2.45) is 0 Å². The number of benzene rings is 4. The van der Waals surface area contributed by atoms with E-state index in [1.54, 1.807) is 6.92 Å². The number of esters is 1. The Kier molecular flexibility index (Phi) is 10.2. The predicted octanol–water partition coefficient (Wildman–Crippen LogP) is 5.52. The molecule has 4 aromatic carbocycles. The average molecular weight is 529 g/mol. The van der Waals surface area contributed by atoms with Crippen LogP contribution in [0.1, 0.15) is 38.0 Å². The zero-order valence-corrected chi connectivity index (χ0v) is 22.9. The van der Waals surface area contributed by atoms with Gasteiger partial charge in [-0.25, -0.2) is 0 Å². The van der Waals surface area contributed by atoms with Crippen LogP contribution in [0.4, 0.5) is 0 Å². The van der Waals surface area contributed by atoms with Gasteiger partial charge in [0.25, 0.3) is 0 Å². The third kappa shape index (κ3) is 6.96. The zero-order valence-electron chi connectivity index (χ0n) is 21.9. The summed E-state index contributed by atoms with van der Waals surface area (Å²) in [4.78, 5) is 12.4. The molecule has 0 fully saturated rings. The summed E-state index contributed by atoms with van der Waals surface area (Å²) in [5.41, 5.74) is 0.669. The fourth-order valence-electron chi connectivity index (χ4n) is 5.20. The number of carbonyl (C=O) groups is 1. The fourth-order valence-corrected chi connectivity index (χ4v) is 10.1. The van der Waals surface area contributed by atoms with Gasteiger partial charge in [0.15, 0.2) is 0 Å². The average Bonchev–Trinajstić information content (AvgIpc) is 2.97. The number of rotatable bonds is 13. The Morgan fingerprint density at radius 2 is 1.18 bits per heavy atom. The van der Waals surface area contributed by atoms with E-state index < -0.39 is 19.7 Å². The second-order valence-corrected chi connectivity index (χ2v) is 13.5. The molecule has 5 heteroatoms. The first kappa shape index (κ1) is 27.7. The van der Waals surface area contributed by atoms with Crippen LogP contribution in [-0.2, 0) is 14.3 Å². The van der Waals surface area contributed by atoms with Gasteiger partial charge in [0.1, 0.15) is 0 Å². The van der Waals surface area contributed by atoms with Gasteiger partial charge in [-0.05, 0) is 0 Å². The number of carbonyl (C=O) groups excluding carboxylic acids is 1. The molecule has 0 saturated carbocycles. The Hall–Kier alpha value is -3.30. The van der Waals surface area contributed by atoms with Crippen molar-refractivity contribution in [3.05, 3.63) is 127 Å². The third-order valence-electron chi connectivity index (χ3n) is 6.98. The molecule has 4 nitrogen and oxygen atoms in total. The molecule has 38 heavy (non-hydrogen) atoms. The van der Waals surface area contributed by atoms with Crippen LogP contribution in [0.3, 0.4) is 0 Å². The molecule has 0 bridgehead atoms. The van der Waals surface area contributed by atoms with Crippen molar-refractivity contribution in [1.82, 2.24) is 0 Å². The van der Waals surface area contributed by atoms with E-state index in [0.717, 1.165) is 12.6 Å². The Morgan fingerprint density at radius 1 is 0.737 bits per heavy atom. The van der Waals surface area contributed by atoms with Crippen molar-refractivity contribution < 1.29 is 19.4 Å². The van der Waals surface area contributed by atoms with Crippen molar-refractivity contribution >= 4 is 29.1 Å². The summed E-state index contributed by atoms with van der Waals surface area (Å²) in [5, 5.41) is 14.8. The fraction of sp³-hybridized carbons (Fsp3) is 0.242. The van der Waals surface area contributed by atoms with E-state index in [1.165, 1.54) is 15.9 Å². The summed E-state index contributed by atoms with van der Waals surface area (Å²) in [6.07, 6.45) is 0.942. The van der Waals surface area contributed by atoms with Gasteiger partial charge in [-0.15, -0.1) is 0 Å². The quantitative estimate of drug-likeness (QED) is 0.141. The van der Waals surface area contributed by atoms with E-state index in [9.17, 15) is 9.90 Å². The molecule has 0 aliphatic carbocycles. The number of hydrogen-bond donors (Lipinski definition) is 1. The van der Waals surface area contributed by atoms with Gasteiger partial charge in [-0.2, -0.15) is 0 Å². The topological polar surface area (TPSA) is 55.8 Å². The van der Waals surface area contributed by atoms with Gasteiger partial charge < -0.3 is 0 Å². The molecular weight excluding hydrogens is 491 g/mol. The molecule has 0 radical (unpaired) electrons. The van der Waals surface area contributed by atoms with E-state index in [2.05, 4.69) is 91.0 Å². The van der Waals surface area contributed by atoms with Gasteiger partial charge in [-0.1, -0.05) is 0 Å². The van der Waals surface area contributed by atoms with Crippen LogP contribution < -0.4 is 15.9 Å². The van der Waals surface area contributed by atoms with E-state index in [0.29, 0.717) is 18.6 Å². The van der Waals surface area contributed by atoms with Crippen LogP contribution in [0.2, 0.25) is 0 Å². The summed E-state index contributed by atoms with van der Waals surface area (Å²) in [5.74, 6) is -0.310. The van der Waals surface area contributed by atoms with E-state index in [-0.39, 0.29) is 12.4 Å². The number of aliphatic hydroxyl groups is 1. The first-order valence-electron chi connectivity index (χ1n) is 13.3. The van der Waals surface area contributed by atoms with Gasteiger partial charge >= 0.3 is 227 Å². The van der Waals surface area contributed by atoms with E-state index in [4.69, 9.17) is 9.47 Å². The minimum absolute atomic E-state index is 0.105. The Morgan fingerprint density at radius 3 is 1.63 bits per heavy atom. The molecule has 2 atom stereocenters. The first-order chi connectivity index (χ1) is 18.6. The maximum absolute atomic E-state index is 12.4. The molecule has 0 aliphatic heterocycles. The molecule has 0 aromatic heterocycles. The van der Waals surface area contributed by atoms with Gasteiger partial charge in [0, 0.05) is 0 Å². The maximum atomic E-state index is 12.4. The monoisotopic (exact) mass is 528 g/mol. The number of hydrogen-bond acceptors (Lipinski definition) is 4. The van der Waals surface area contributed by atoms with Crippen LogP contribution in [0.25, 0.3) is 0 Å². The molecule has 0 saturated heterocycles. The molecule has 198 valence electrons. The molecule has 1 N–H and O–H groups in total. The Bertz CT molecular complexity index is 1140. The Balaban J connectivity index is 1.62. The molecule has 0 aliphatic rings. The summed E-state index contributed by atoms with van der Waals surface area (Å²) in [6, 6.07) is 41.6. The molecule has 1 unspecified atom stereocenters.